The molecule has 35 heavy (non-hydrogen) atoms. The summed E-state index contributed by atoms with van der Waals surface area (Å²) in [5.74, 6) is -0.116. The second kappa shape index (κ2) is 10.2. The summed E-state index contributed by atoms with van der Waals surface area (Å²) in [6.45, 7) is 8.10. The van der Waals surface area contributed by atoms with Crippen molar-refractivity contribution in [1.29, 1.82) is 0 Å². The lowest BCUT2D eigenvalue weighted by Gasteiger charge is -2.16. The Balaban J connectivity index is 1.80. The lowest BCUT2D eigenvalue weighted by Crippen LogP contribution is -2.32. The number of aryl methyl sites for hydroxylation is 4. The Labute approximate surface area is 207 Å². The van der Waals surface area contributed by atoms with E-state index >= 15 is 0 Å². The normalized spacial score (nSPS) is 13.6. The highest BCUT2D eigenvalue weighted by Gasteiger charge is 2.41. The summed E-state index contributed by atoms with van der Waals surface area (Å²) in [5.41, 5.74) is 6.81. The first-order chi connectivity index (χ1) is 16.8. The number of carbonyl (C=O) groups excluding carboxylic acids is 2. The van der Waals surface area contributed by atoms with Crippen molar-refractivity contribution in [2.75, 3.05) is 17.3 Å². The van der Waals surface area contributed by atoms with Crippen LogP contribution in [0, 0.1) is 20.8 Å². The van der Waals surface area contributed by atoms with E-state index in [-0.39, 0.29) is 17.5 Å². The van der Waals surface area contributed by atoms with Crippen molar-refractivity contribution < 1.29 is 14.3 Å². The number of benzene rings is 3. The van der Waals surface area contributed by atoms with E-state index in [4.69, 9.17) is 4.74 Å². The first kappa shape index (κ1) is 24.3. The van der Waals surface area contributed by atoms with Crippen LogP contribution in [0.5, 0.6) is 5.75 Å². The molecule has 4 rings (SSSR count). The zero-order chi connectivity index (χ0) is 25.1. The summed E-state index contributed by atoms with van der Waals surface area (Å²) in [7, 11) is 1.59. The molecule has 1 aliphatic heterocycles. The Bertz CT molecular complexity index is 1310. The smallest absolute Gasteiger partial charge is 0.282 e. The van der Waals surface area contributed by atoms with Crippen molar-refractivity contribution in [3.63, 3.8) is 0 Å². The van der Waals surface area contributed by atoms with Gasteiger partial charge in [-0.1, -0.05) is 55.3 Å². The van der Waals surface area contributed by atoms with Gasteiger partial charge in [0.25, 0.3) is 11.8 Å². The Morgan fingerprint density at radius 3 is 2.20 bits per heavy atom. The maximum absolute atomic E-state index is 13.8. The topological polar surface area (TPSA) is 58.6 Å². The number of amides is 2. The maximum Gasteiger partial charge on any atom is 0.282 e. The summed E-state index contributed by atoms with van der Waals surface area (Å²) < 4.78 is 5.52. The molecule has 0 fully saturated rings. The summed E-state index contributed by atoms with van der Waals surface area (Å²) in [4.78, 5) is 28.8. The minimum absolute atomic E-state index is 0.251. The Hall–Kier alpha value is -3.86. The molecule has 3 aromatic rings. The average Bonchev–Trinajstić information content (AvgIpc) is 3.07. The molecule has 0 unspecified atom stereocenters. The van der Waals surface area contributed by atoms with Gasteiger partial charge in [-0.2, -0.15) is 0 Å². The minimum Gasteiger partial charge on any atom is -0.495 e. The average molecular weight is 469 g/mol. The third kappa shape index (κ3) is 4.85. The second-order valence-electron chi connectivity index (χ2n) is 9.11. The van der Waals surface area contributed by atoms with Crippen molar-refractivity contribution in [3.8, 4) is 5.75 Å². The fraction of sp³-hybridized carbons (Fsp3) is 0.267. The second-order valence-corrected chi connectivity index (χ2v) is 9.11. The molecule has 5 heteroatoms. The SMILES string of the molecule is CCCCc1ccc(N2C(=O)C(Nc3cc(C)ccc3OC)=C(c3ccc(C)cc3C)C2=O)cc1. The molecule has 1 N–H and O–H groups in total. The van der Waals surface area contributed by atoms with Crippen molar-refractivity contribution in [1.82, 2.24) is 0 Å². The van der Waals surface area contributed by atoms with E-state index in [1.807, 2.05) is 81.4 Å². The molecule has 0 radical (unpaired) electrons. The van der Waals surface area contributed by atoms with Gasteiger partial charge in [-0.3, -0.25) is 9.59 Å². The maximum atomic E-state index is 13.8. The van der Waals surface area contributed by atoms with E-state index < -0.39 is 0 Å². The quantitative estimate of drug-likeness (QED) is 0.391. The minimum atomic E-state index is -0.380. The molecule has 0 bridgehead atoms. The molecule has 5 nitrogen and oxygen atoms in total. The van der Waals surface area contributed by atoms with Crippen LogP contribution in [0.25, 0.3) is 5.57 Å². The number of hydrogen-bond acceptors (Lipinski definition) is 4. The molecule has 1 aliphatic rings. The zero-order valence-corrected chi connectivity index (χ0v) is 21.1. The van der Waals surface area contributed by atoms with Gasteiger partial charge < -0.3 is 10.1 Å². The molecule has 0 aromatic heterocycles. The van der Waals surface area contributed by atoms with E-state index in [1.54, 1.807) is 7.11 Å². The number of anilines is 2. The van der Waals surface area contributed by atoms with Crippen molar-refractivity contribution >= 4 is 28.8 Å². The van der Waals surface area contributed by atoms with Crippen LogP contribution in [0.2, 0.25) is 0 Å². The van der Waals surface area contributed by atoms with Crippen LogP contribution >= 0.6 is 0 Å². The van der Waals surface area contributed by atoms with E-state index in [9.17, 15) is 9.59 Å². The van der Waals surface area contributed by atoms with Gasteiger partial charge in [0.05, 0.1) is 24.1 Å². The lowest BCUT2D eigenvalue weighted by molar-refractivity contribution is -0.120. The number of unbranched alkanes of at least 4 members (excludes halogenated alkanes) is 1. The molecule has 0 saturated carbocycles. The van der Waals surface area contributed by atoms with Crippen LogP contribution in [0.1, 0.15) is 47.6 Å². The van der Waals surface area contributed by atoms with Gasteiger partial charge >= 0.3 is 0 Å². The predicted octanol–water partition coefficient (Wildman–Crippen LogP) is 6.36. The van der Waals surface area contributed by atoms with E-state index in [0.29, 0.717) is 22.7 Å². The van der Waals surface area contributed by atoms with Crippen molar-refractivity contribution in [3.05, 3.63) is 94.2 Å². The molecular formula is C30H32N2O3. The van der Waals surface area contributed by atoms with E-state index in [2.05, 4.69) is 12.2 Å². The first-order valence-electron chi connectivity index (χ1n) is 12.0. The number of methoxy groups -OCH3 is 1. The highest BCUT2D eigenvalue weighted by atomic mass is 16.5. The van der Waals surface area contributed by atoms with Crippen LogP contribution in [-0.2, 0) is 16.0 Å². The fourth-order valence-electron chi connectivity index (χ4n) is 4.47. The Morgan fingerprint density at radius 1 is 0.857 bits per heavy atom. The Kier molecular flexibility index (Phi) is 7.06. The molecule has 0 aliphatic carbocycles. The molecular weight excluding hydrogens is 436 g/mol. The van der Waals surface area contributed by atoms with Gasteiger partial charge in [0, 0.05) is 0 Å². The highest BCUT2D eigenvalue weighted by molar-refractivity contribution is 6.46. The number of nitrogens with zero attached hydrogens (tertiary/aromatic N) is 1. The standard InChI is InChI=1S/C30H32N2O3/c1-6-7-8-22-11-13-23(14-12-22)32-29(33)27(24-15-9-19(2)17-21(24)4)28(30(32)34)31-25-18-20(3)10-16-26(25)35-5/h9-18,31H,6-8H2,1-5H3. The van der Waals surface area contributed by atoms with Gasteiger partial charge in [0.1, 0.15) is 11.4 Å². The zero-order valence-electron chi connectivity index (χ0n) is 21.1. The third-order valence-electron chi connectivity index (χ3n) is 6.36. The van der Waals surface area contributed by atoms with Gasteiger partial charge in [-0.25, -0.2) is 4.90 Å². The van der Waals surface area contributed by atoms with Crippen LogP contribution in [0.4, 0.5) is 11.4 Å². The van der Waals surface area contributed by atoms with Crippen molar-refractivity contribution in [2.45, 2.75) is 47.0 Å². The first-order valence-corrected chi connectivity index (χ1v) is 12.0. The summed E-state index contributed by atoms with van der Waals surface area (Å²) in [6, 6.07) is 19.3. The van der Waals surface area contributed by atoms with Gasteiger partial charge in [-0.05, 0) is 80.1 Å². The molecule has 0 spiro atoms. The summed E-state index contributed by atoms with van der Waals surface area (Å²) in [6.07, 6.45) is 3.20. The van der Waals surface area contributed by atoms with Crippen LogP contribution in [0.15, 0.2) is 66.4 Å². The lowest BCUT2D eigenvalue weighted by atomic mass is 9.97. The molecule has 180 valence electrons. The van der Waals surface area contributed by atoms with Crippen LogP contribution in [-0.4, -0.2) is 18.9 Å². The van der Waals surface area contributed by atoms with E-state index in [1.165, 1.54) is 10.5 Å². The summed E-state index contributed by atoms with van der Waals surface area (Å²) >= 11 is 0. The van der Waals surface area contributed by atoms with Gasteiger partial charge in [0.15, 0.2) is 0 Å². The number of nitrogens with one attached hydrogen (secondary N) is 1. The number of hydrogen-bond donors (Lipinski definition) is 1. The van der Waals surface area contributed by atoms with E-state index in [0.717, 1.165) is 41.5 Å². The number of rotatable bonds is 8. The molecule has 0 saturated heterocycles. The highest BCUT2D eigenvalue weighted by Crippen LogP contribution is 2.37. The largest absolute Gasteiger partial charge is 0.495 e. The van der Waals surface area contributed by atoms with Crippen LogP contribution < -0.4 is 15.0 Å². The van der Waals surface area contributed by atoms with Crippen molar-refractivity contribution in [2.24, 2.45) is 0 Å². The fourth-order valence-corrected chi connectivity index (χ4v) is 4.47. The molecule has 1 heterocycles. The molecule has 0 atom stereocenters. The number of imide groups is 1. The number of carbonyl (C=O) groups is 2. The number of ether oxygens (including phenoxy) is 1. The monoisotopic (exact) mass is 468 g/mol. The molecule has 3 aromatic carbocycles. The van der Waals surface area contributed by atoms with Gasteiger partial charge in [0.2, 0.25) is 0 Å². The predicted molar refractivity (Wildman–Crippen MR) is 142 cm³/mol. The Morgan fingerprint density at radius 2 is 1.54 bits per heavy atom. The summed E-state index contributed by atoms with van der Waals surface area (Å²) in [5, 5.41) is 3.25. The van der Waals surface area contributed by atoms with Gasteiger partial charge in [-0.15, -0.1) is 0 Å². The van der Waals surface area contributed by atoms with Crippen LogP contribution in [0.3, 0.4) is 0 Å². The third-order valence-corrected chi connectivity index (χ3v) is 6.36. The molecule has 2 amide bonds.